The van der Waals surface area contributed by atoms with Gasteiger partial charge in [0.1, 0.15) is 5.82 Å². The minimum Gasteiger partial charge on any atom is -0.326 e. The third-order valence-electron chi connectivity index (χ3n) is 6.66. The van der Waals surface area contributed by atoms with Crippen molar-refractivity contribution in [3.8, 4) is 0 Å². The minimum absolute atomic E-state index is 0.159. The highest BCUT2D eigenvalue weighted by atomic mass is 32.2. The number of sulfonamides is 1. The average Bonchev–Trinajstić information content (AvgIpc) is 3.58. The Bertz CT molecular complexity index is 2000. The molecule has 0 saturated carbocycles. The molecular formula is C27H27N9O3S. The van der Waals surface area contributed by atoms with Gasteiger partial charge in [0.2, 0.25) is 10.0 Å². The van der Waals surface area contributed by atoms with Gasteiger partial charge in [-0.2, -0.15) is 4.80 Å². The Morgan fingerprint density at radius 2 is 1.48 bits per heavy atom. The number of benzene rings is 3. The molecule has 40 heavy (non-hydrogen) atoms. The van der Waals surface area contributed by atoms with E-state index in [-0.39, 0.29) is 12.2 Å². The fraction of sp³-hybridized carbons (Fsp3) is 0.222. The first kappa shape index (κ1) is 25.5. The summed E-state index contributed by atoms with van der Waals surface area (Å²) in [6.07, 6.45) is 1.68. The fourth-order valence-corrected chi connectivity index (χ4v) is 5.49. The van der Waals surface area contributed by atoms with Crippen molar-refractivity contribution < 1.29 is 8.42 Å². The summed E-state index contributed by atoms with van der Waals surface area (Å²) >= 11 is 0. The molecule has 0 bridgehead atoms. The summed E-state index contributed by atoms with van der Waals surface area (Å²) in [5, 5.41) is 12.3. The third-order valence-corrected chi connectivity index (χ3v) is 7.27. The van der Waals surface area contributed by atoms with Crippen LogP contribution in [-0.2, 0) is 43.1 Å². The van der Waals surface area contributed by atoms with Crippen molar-refractivity contribution in [1.29, 1.82) is 0 Å². The molecule has 0 amide bonds. The van der Waals surface area contributed by atoms with Gasteiger partial charge in [-0.3, -0.25) is 13.9 Å². The molecule has 0 aliphatic rings. The molecule has 6 aromatic rings. The van der Waals surface area contributed by atoms with Crippen LogP contribution in [0, 0.1) is 0 Å². The minimum atomic E-state index is -3.37. The molecule has 12 nitrogen and oxygen atoms in total. The standard InChI is InChI=1S/C27H27N9O3S/c1-33-30-25(29-32-33)15-16-34-22-8-4-3-7-21(22)28-26(34)18-36-24-10-6-5-9-23(24)35(27(36)37)17-19-11-13-20(14-12-19)31-40(2,38)39/h3-14,31H,15-18H2,1-2H3. The van der Waals surface area contributed by atoms with Crippen LogP contribution in [0.3, 0.4) is 0 Å². The van der Waals surface area contributed by atoms with E-state index < -0.39 is 10.0 Å². The van der Waals surface area contributed by atoms with Crippen LogP contribution in [0.25, 0.3) is 22.1 Å². The molecule has 0 unspecified atom stereocenters. The normalized spacial score (nSPS) is 11.9. The van der Waals surface area contributed by atoms with Gasteiger partial charge in [-0.15, -0.1) is 10.2 Å². The smallest absolute Gasteiger partial charge is 0.326 e. The zero-order valence-corrected chi connectivity index (χ0v) is 22.8. The van der Waals surface area contributed by atoms with Gasteiger partial charge in [0.15, 0.2) is 5.82 Å². The first-order valence-corrected chi connectivity index (χ1v) is 14.6. The summed E-state index contributed by atoms with van der Waals surface area (Å²) in [6, 6.07) is 22.6. The predicted molar refractivity (Wildman–Crippen MR) is 152 cm³/mol. The second-order valence-electron chi connectivity index (χ2n) is 9.63. The molecule has 204 valence electrons. The highest BCUT2D eigenvalue weighted by molar-refractivity contribution is 7.92. The Balaban J connectivity index is 1.35. The fourth-order valence-electron chi connectivity index (χ4n) is 4.93. The van der Waals surface area contributed by atoms with Gasteiger partial charge in [-0.05, 0) is 47.2 Å². The maximum Gasteiger partial charge on any atom is 0.329 e. The largest absolute Gasteiger partial charge is 0.329 e. The summed E-state index contributed by atoms with van der Waals surface area (Å²) in [5.41, 5.74) is 4.61. The van der Waals surface area contributed by atoms with Gasteiger partial charge in [-0.25, -0.2) is 18.2 Å². The summed E-state index contributed by atoms with van der Waals surface area (Å²) in [7, 11) is -1.64. The number of aromatic nitrogens is 8. The van der Waals surface area contributed by atoms with E-state index in [1.807, 2.05) is 60.7 Å². The molecule has 6 rings (SSSR count). The second kappa shape index (κ2) is 10.1. The van der Waals surface area contributed by atoms with Crippen LogP contribution in [0.15, 0.2) is 77.6 Å². The van der Waals surface area contributed by atoms with E-state index in [4.69, 9.17) is 4.98 Å². The lowest BCUT2D eigenvalue weighted by Crippen LogP contribution is -2.26. The average molecular weight is 558 g/mol. The van der Waals surface area contributed by atoms with Crippen LogP contribution in [0.5, 0.6) is 0 Å². The Morgan fingerprint density at radius 1 is 0.825 bits per heavy atom. The Kier molecular flexibility index (Phi) is 6.42. The summed E-state index contributed by atoms with van der Waals surface area (Å²) in [5.74, 6) is 1.39. The van der Waals surface area contributed by atoms with Crippen LogP contribution in [0.2, 0.25) is 0 Å². The van der Waals surface area contributed by atoms with E-state index in [9.17, 15) is 13.2 Å². The molecule has 0 radical (unpaired) electrons. The van der Waals surface area contributed by atoms with Crippen LogP contribution in [0.4, 0.5) is 5.69 Å². The Labute approximate surface area is 229 Å². The first-order chi connectivity index (χ1) is 19.2. The van der Waals surface area contributed by atoms with Gasteiger partial charge in [-0.1, -0.05) is 36.4 Å². The second-order valence-corrected chi connectivity index (χ2v) is 11.4. The zero-order valence-electron chi connectivity index (χ0n) is 22.0. The molecule has 3 heterocycles. The molecule has 13 heteroatoms. The molecular weight excluding hydrogens is 530 g/mol. The molecule has 0 fully saturated rings. The number of fused-ring (bicyclic) bond motifs is 2. The lowest BCUT2D eigenvalue weighted by Gasteiger charge is -2.09. The van der Waals surface area contributed by atoms with Crippen LogP contribution in [-0.4, -0.2) is 53.6 Å². The Hall–Kier alpha value is -4.78. The Morgan fingerprint density at radius 3 is 2.12 bits per heavy atom. The van der Waals surface area contributed by atoms with Crippen molar-refractivity contribution in [2.45, 2.75) is 26.1 Å². The molecule has 3 aromatic carbocycles. The number of tetrazole rings is 1. The number of nitrogens with one attached hydrogen (secondary N) is 1. The molecule has 0 atom stereocenters. The van der Waals surface area contributed by atoms with Crippen LogP contribution >= 0.6 is 0 Å². The van der Waals surface area contributed by atoms with Crippen molar-refractivity contribution >= 4 is 37.8 Å². The van der Waals surface area contributed by atoms with E-state index >= 15 is 0 Å². The molecule has 0 saturated heterocycles. The van der Waals surface area contributed by atoms with Gasteiger partial charge in [0.05, 0.1) is 48.5 Å². The molecule has 0 aliphatic heterocycles. The number of nitrogens with zero attached hydrogens (tertiary/aromatic N) is 8. The van der Waals surface area contributed by atoms with E-state index in [1.165, 1.54) is 4.80 Å². The number of anilines is 1. The lowest BCUT2D eigenvalue weighted by molar-refractivity contribution is 0.604. The molecule has 3 aromatic heterocycles. The van der Waals surface area contributed by atoms with E-state index in [1.54, 1.807) is 28.3 Å². The number of rotatable bonds is 9. The van der Waals surface area contributed by atoms with E-state index in [2.05, 4.69) is 24.7 Å². The van der Waals surface area contributed by atoms with Gasteiger partial charge in [0, 0.05) is 18.7 Å². The molecule has 0 spiro atoms. The van der Waals surface area contributed by atoms with Crippen molar-refractivity contribution in [2.75, 3.05) is 11.0 Å². The van der Waals surface area contributed by atoms with Gasteiger partial charge >= 0.3 is 5.69 Å². The maximum absolute atomic E-state index is 13.8. The SMILES string of the molecule is Cn1nnc(CCn2c(Cn3c(=O)n(Cc4ccc(NS(C)(=O)=O)cc4)c4ccccc43)nc3ccccc32)n1. The van der Waals surface area contributed by atoms with Crippen molar-refractivity contribution in [2.24, 2.45) is 7.05 Å². The molecule has 0 aliphatic carbocycles. The number of hydrogen-bond acceptors (Lipinski definition) is 7. The number of para-hydroxylation sites is 4. The van der Waals surface area contributed by atoms with Crippen molar-refractivity contribution in [3.05, 3.63) is 100 Å². The monoisotopic (exact) mass is 557 g/mol. The van der Waals surface area contributed by atoms with Gasteiger partial charge in [0.25, 0.3) is 0 Å². The topological polar surface area (TPSA) is 135 Å². The quantitative estimate of drug-likeness (QED) is 0.288. The number of imidazole rings is 2. The summed E-state index contributed by atoms with van der Waals surface area (Å²) in [4.78, 5) is 20.1. The predicted octanol–water partition coefficient (Wildman–Crippen LogP) is 2.39. The highest BCUT2D eigenvalue weighted by Crippen LogP contribution is 2.21. The first-order valence-electron chi connectivity index (χ1n) is 12.7. The van der Waals surface area contributed by atoms with Crippen LogP contribution in [0.1, 0.15) is 17.2 Å². The summed E-state index contributed by atoms with van der Waals surface area (Å²) in [6.45, 7) is 1.20. The summed E-state index contributed by atoms with van der Waals surface area (Å²) < 4.78 is 31.1. The third kappa shape index (κ3) is 5.10. The molecule has 1 N–H and O–H groups in total. The van der Waals surface area contributed by atoms with E-state index in [0.29, 0.717) is 31.0 Å². The zero-order chi connectivity index (χ0) is 27.9. The lowest BCUT2D eigenvalue weighted by atomic mass is 10.2. The van der Waals surface area contributed by atoms with E-state index in [0.717, 1.165) is 39.7 Å². The van der Waals surface area contributed by atoms with Crippen LogP contribution < -0.4 is 10.4 Å². The van der Waals surface area contributed by atoms with Crippen molar-refractivity contribution in [3.63, 3.8) is 0 Å². The number of aryl methyl sites for hydroxylation is 3. The maximum atomic E-state index is 13.8. The number of hydrogen-bond donors (Lipinski definition) is 1. The van der Waals surface area contributed by atoms with Gasteiger partial charge < -0.3 is 4.57 Å². The van der Waals surface area contributed by atoms with Crippen molar-refractivity contribution in [1.82, 2.24) is 38.9 Å². The highest BCUT2D eigenvalue weighted by Gasteiger charge is 2.18.